The molecule has 1 aromatic carbocycles. The van der Waals surface area contributed by atoms with Gasteiger partial charge < -0.3 is 18.9 Å². The molecule has 7 heteroatoms. The Morgan fingerprint density at radius 2 is 2.13 bits per heavy atom. The zero-order valence-corrected chi connectivity index (χ0v) is 13.1. The minimum Gasteiger partial charge on any atom is -0.445 e. The van der Waals surface area contributed by atoms with E-state index in [-0.39, 0.29) is 12.7 Å². The van der Waals surface area contributed by atoms with Gasteiger partial charge in [0.1, 0.15) is 12.4 Å². The molecule has 1 aromatic heterocycles. The van der Waals surface area contributed by atoms with Gasteiger partial charge in [-0.05, 0) is 5.56 Å². The van der Waals surface area contributed by atoms with Gasteiger partial charge in [-0.25, -0.2) is 4.79 Å². The molecular formula is C16H20N4O3. The van der Waals surface area contributed by atoms with Crippen LogP contribution in [0.5, 0.6) is 0 Å². The number of benzene rings is 1. The van der Waals surface area contributed by atoms with Crippen molar-refractivity contribution in [3.63, 3.8) is 0 Å². The molecule has 0 radical (unpaired) electrons. The number of amides is 1. The molecule has 0 fully saturated rings. The Kier molecular flexibility index (Phi) is 4.87. The Hall–Kier alpha value is -2.41. The summed E-state index contributed by atoms with van der Waals surface area (Å²) >= 11 is 0. The molecule has 3 rings (SSSR count). The maximum absolute atomic E-state index is 12.1. The molecule has 1 aliphatic heterocycles. The normalized spacial score (nSPS) is 14.0. The van der Waals surface area contributed by atoms with Crippen LogP contribution >= 0.6 is 0 Å². The molecule has 7 nitrogen and oxygen atoms in total. The molecule has 0 bridgehead atoms. The number of rotatable bonds is 4. The predicted molar refractivity (Wildman–Crippen MR) is 82.6 cm³/mol. The van der Waals surface area contributed by atoms with E-state index in [0.717, 1.165) is 23.6 Å². The molecule has 122 valence electrons. The summed E-state index contributed by atoms with van der Waals surface area (Å²) in [6, 6.07) is 9.61. The molecule has 0 spiro atoms. The van der Waals surface area contributed by atoms with E-state index in [1.807, 2.05) is 34.9 Å². The highest BCUT2D eigenvalue weighted by atomic mass is 16.6. The first-order valence-corrected chi connectivity index (χ1v) is 7.64. The van der Waals surface area contributed by atoms with Crippen LogP contribution in [0.15, 0.2) is 30.3 Å². The van der Waals surface area contributed by atoms with E-state index in [1.54, 1.807) is 7.05 Å². The third-order valence-corrected chi connectivity index (χ3v) is 3.73. The molecule has 2 heterocycles. The van der Waals surface area contributed by atoms with Gasteiger partial charge in [-0.3, -0.25) is 0 Å². The Balaban J connectivity index is 1.57. The molecule has 1 aliphatic rings. The van der Waals surface area contributed by atoms with Crippen LogP contribution in [0.3, 0.4) is 0 Å². The molecule has 23 heavy (non-hydrogen) atoms. The maximum Gasteiger partial charge on any atom is 0.410 e. The number of ether oxygens (including phenoxy) is 2. The fraction of sp³-hybridized carbons (Fsp3) is 0.438. The fourth-order valence-corrected chi connectivity index (χ4v) is 2.46. The summed E-state index contributed by atoms with van der Waals surface area (Å²) in [5.74, 6) is 1.66. The van der Waals surface area contributed by atoms with Crippen molar-refractivity contribution in [2.75, 3.05) is 20.3 Å². The number of hydrogen-bond acceptors (Lipinski definition) is 5. The SMILES string of the molecule is CN(Cc1nnc2n1CCOCC2)C(=O)OCc1ccccc1. The summed E-state index contributed by atoms with van der Waals surface area (Å²) in [5.41, 5.74) is 0.961. The number of carbonyl (C=O) groups is 1. The maximum atomic E-state index is 12.1. The highest BCUT2D eigenvalue weighted by Gasteiger charge is 2.18. The second kappa shape index (κ2) is 7.23. The van der Waals surface area contributed by atoms with Crippen LogP contribution in [0, 0.1) is 0 Å². The Morgan fingerprint density at radius 3 is 2.96 bits per heavy atom. The van der Waals surface area contributed by atoms with Crippen LogP contribution in [0.4, 0.5) is 4.79 Å². The zero-order valence-electron chi connectivity index (χ0n) is 13.1. The number of aromatic nitrogens is 3. The van der Waals surface area contributed by atoms with Crippen molar-refractivity contribution in [3.8, 4) is 0 Å². The van der Waals surface area contributed by atoms with E-state index in [4.69, 9.17) is 9.47 Å². The van der Waals surface area contributed by atoms with Crippen molar-refractivity contribution >= 4 is 6.09 Å². The van der Waals surface area contributed by atoms with Gasteiger partial charge in [-0.1, -0.05) is 30.3 Å². The second-order valence-corrected chi connectivity index (χ2v) is 5.44. The van der Waals surface area contributed by atoms with Crippen molar-refractivity contribution in [2.24, 2.45) is 0 Å². The third kappa shape index (κ3) is 3.87. The molecule has 0 atom stereocenters. The van der Waals surface area contributed by atoms with Gasteiger partial charge in [-0.2, -0.15) is 0 Å². The van der Waals surface area contributed by atoms with Crippen molar-refractivity contribution < 1.29 is 14.3 Å². The number of carbonyl (C=O) groups excluding carboxylic acids is 1. The minimum atomic E-state index is -0.379. The summed E-state index contributed by atoms with van der Waals surface area (Å²) in [6.07, 6.45) is 0.367. The standard InChI is InChI=1S/C16H20N4O3/c1-19(16(21)23-12-13-5-3-2-4-6-13)11-15-18-17-14-7-9-22-10-8-20(14)15/h2-6H,7-12H2,1H3. The van der Waals surface area contributed by atoms with Crippen LogP contribution in [0.1, 0.15) is 17.2 Å². The van der Waals surface area contributed by atoms with Crippen LogP contribution in [0.25, 0.3) is 0 Å². The van der Waals surface area contributed by atoms with Crippen molar-refractivity contribution in [1.82, 2.24) is 19.7 Å². The average Bonchev–Trinajstić information content (AvgIpc) is 2.81. The summed E-state index contributed by atoms with van der Waals surface area (Å²) in [4.78, 5) is 13.6. The first kappa shape index (κ1) is 15.5. The minimum absolute atomic E-state index is 0.260. The first-order chi connectivity index (χ1) is 11.2. The molecule has 0 unspecified atom stereocenters. The lowest BCUT2D eigenvalue weighted by Crippen LogP contribution is -2.28. The summed E-state index contributed by atoms with van der Waals surface area (Å²) in [5, 5.41) is 8.36. The molecule has 0 saturated carbocycles. The van der Waals surface area contributed by atoms with Crippen LogP contribution in [0.2, 0.25) is 0 Å². The van der Waals surface area contributed by atoms with Gasteiger partial charge in [0.05, 0.1) is 19.8 Å². The van der Waals surface area contributed by atoms with E-state index in [1.165, 1.54) is 4.90 Å². The van der Waals surface area contributed by atoms with E-state index >= 15 is 0 Å². The first-order valence-electron chi connectivity index (χ1n) is 7.64. The largest absolute Gasteiger partial charge is 0.445 e. The van der Waals surface area contributed by atoms with Gasteiger partial charge in [0.15, 0.2) is 5.82 Å². The predicted octanol–water partition coefficient (Wildman–Crippen LogP) is 1.62. The van der Waals surface area contributed by atoms with Crippen molar-refractivity contribution in [2.45, 2.75) is 26.1 Å². The highest BCUT2D eigenvalue weighted by Crippen LogP contribution is 2.10. The Morgan fingerprint density at radius 1 is 1.30 bits per heavy atom. The van der Waals surface area contributed by atoms with Crippen molar-refractivity contribution in [1.29, 1.82) is 0 Å². The molecule has 0 N–H and O–H groups in total. The third-order valence-electron chi connectivity index (χ3n) is 3.73. The van der Waals surface area contributed by atoms with Crippen LogP contribution < -0.4 is 0 Å². The van der Waals surface area contributed by atoms with Gasteiger partial charge in [0.25, 0.3) is 0 Å². The van der Waals surface area contributed by atoms with Gasteiger partial charge in [0.2, 0.25) is 0 Å². The topological polar surface area (TPSA) is 69.5 Å². The highest BCUT2D eigenvalue weighted by molar-refractivity contribution is 5.67. The molecule has 1 amide bonds. The van der Waals surface area contributed by atoms with E-state index in [2.05, 4.69) is 10.2 Å². The van der Waals surface area contributed by atoms with Gasteiger partial charge in [0, 0.05) is 20.0 Å². The summed E-state index contributed by atoms with van der Waals surface area (Å²) in [7, 11) is 1.70. The average molecular weight is 316 g/mol. The lowest BCUT2D eigenvalue weighted by molar-refractivity contribution is 0.101. The second-order valence-electron chi connectivity index (χ2n) is 5.44. The van der Waals surface area contributed by atoms with Crippen LogP contribution in [-0.4, -0.2) is 46.0 Å². The van der Waals surface area contributed by atoms with E-state index in [9.17, 15) is 4.79 Å². The van der Waals surface area contributed by atoms with E-state index in [0.29, 0.717) is 26.3 Å². The monoisotopic (exact) mass is 316 g/mol. The quantitative estimate of drug-likeness (QED) is 0.857. The number of hydrogen-bond donors (Lipinski definition) is 0. The molecule has 0 aliphatic carbocycles. The lowest BCUT2D eigenvalue weighted by atomic mass is 10.2. The molecular weight excluding hydrogens is 296 g/mol. The smallest absolute Gasteiger partial charge is 0.410 e. The fourth-order valence-electron chi connectivity index (χ4n) is 2.46. The summed E-state index contributed by atoms with van der Waals surface area (Å²) < 4.78 is 12.8. The lowest BCUT2D eigenvalue weighted by Gasteiger charge is -2.17. The van der Waals surface area contributed by atoms with Gasteiger partial charge in [-0.15, -0.1) is 10.2 Å². The molecule has 0 saturated heterocycles. The summed E-state index contributed by atoms with van der Waals surface area (Å²) in [6.45, 7) is 2.63. The molecule has 2 aromatic rings. The van der Waals surface area contributed by atoms with E-state index < -0.39 is 0 Å². The van der Waals surface area contributed by atoms with Crippen molar-refractivity contribution in [3.05, 3.63) is 47.5 Å². The number of fused-ring (bicyclic) bond motifs is 1. The van der Waals surface area contributed by atoms with Gasteiger partial charge >= 0.3 is 6.09 Å². The Bertz CT molecular complexity index is 657. The zero-order chi connectivity index (χ0) is 16.1. The Labute approximate surface area is 134 Å². The van der Waals surface area contributed by atoms with Crippen LogP contribution in [-0.2, 0) is 35.6 Å². The number of nitrogens with zero attached hydrogens (tertiary/aromatic N) is 4.